The van der Waals surface area contributed by atoms with E-state index in [4.69, 9.17) is 9.47 Å². The first kappa shape index (κ1) is 17.3. The van der Waals surface area contributed by atoms with E-state index < -0.39 is 5.82 Å². The summed E-state index contributed by atoms with van der Waals surface area (Å²) in [6.45, 7) is -0.151. The van der Waals surface area contributed by atoms with E-state index in [2.05, 4.69) is 20.7 Å². The highest BCUT2D eigenvalue weighted by molar-refractivity contribution is 5.90. The molecule has 0 radical (unpaired) electrons. The largest absolute Gasteiger partial charge is 0.497 e. The topological polar surface area (TPSA) is 91.2 Å². The molecule has 8 nitrogen and oxygen atoms in total. The van der Waals surface area contributed by atoms with Gasteiger partial charge in [-0.2, -0.15) is 4.80 Å². The van der Waals surface area contributed by atoms with E-state index in [1.54, 1.807) is 30.3 Å². The molecule has 1 heterocycles. The lowest BCUT2D eigenvalue weighted by atomic mass is 10.2. The maximum Gasteiger partial charge on any atom is 0.248 e. The lowest BCUT2D eigenvalue weighted by molar-refractivity contribution is -0.117. The number of methoxy groups -OCH3 is 2. The van der Waals surface area contributed by atoms with Crippen LogP contribution in [0.3, 0.4) is 0 Å². The lowest BCUT2D eigenvalue weighted by Crippen LogP contribution is -2.20. The number of nitrogens with one attached hydrogen (secondary N) is 1. The van der Waals surface area contributed by atoms with E-state index in [0.29, 0.717) is 22.7 Å². The highest BCUT2D eigenvalue weighted by atomic mass is 19.1. The molecule has 3 rings (SSSR count). The van der Waals surface area contributed by atoms with Gasteiger partial charge in [-0.15, -0.1) is 10.2 Å². The number of hydrogen-bond acceptors (Lipinski definition) is 6. The van der Waals surface area contributed by atoms with Gasteiger partial charge >= 0.3 is 0 Å². The van der Waals surface area contributed by atoms with Gasteiger partial charge in [0.05, 0.1) is 14.2 Å². The van der Waals surface area contributed by atoms with Crippen molar-refractivity contribution in [2.45, 2.75) is 6.54 Å². The number of benzene rings is 2. The fraction of sp³-hybridized carbons (Fsp3) is 0.176. The summed E-state index contributed by atoms with van der Waals surface area (Å²) in [6.07, 6.45) is 0. The van der Waals surface area contributed by atoms with Crippen LogP contribution in [0.1, 0.15) is 0 Å². The summed E-state index contributed by atoms with van der Waals surface area (Å²) in [5.41, 5.74) is 0.992. The second-order valence-corrected chi connectivity index (χ2v) is 5.30. The van der Waals surface area contributed by atoms with E-state index in [0.717, 1.165) is 4.80 Å². The molecule has 0 aliphatic carbocycles. The van der Waals surface area contributed by atoms with Gasteiger partial charge in [0, 0.05) is 29.4 Å². The Bertz CT molecular complexity index is 906. The van der Waals surface area contributed by atoms with Crippen LogP contribution in [0.15, 0.2) is 42.5 Å². The van der Waals surface area contributed by atoms with E-state index in [1.807, 2.05) is 0 Å². The number of nitrogens with zero attached hydrogens (tertiary/aromatic N) is 4. The molecule has 1 N–H and O–H groups in total. The monoisotopic (exact) mass is 357 g/mol. The smallest absolute Gasteiger partial charge is 0.248 e. The van der Waals surface area contributed by atoms with Crippen LogP contribution in [0.25, 0.3) is 11.4 Å². The van der Waals surface area contributed by atoms with Crippen LogP contribution >= 0.6 is 0 Å². The summed E-state index contributed by atoms with van der Waals surface area (Å²) in [7, 11) is 3.04. The molecule has 0 unspecified atom stereocenters. The first-order chi connectivity index (χ1) is 12.6. The Morgan fingerprint density at radius 3 is 2.54 bits per heavy atom. The van der Waals surface area contributed by atoms with Crippen molar-refractivity contribution in [2.24, 2.45) is 0 Å². The predicted molar refractivity (Wildman–Crippen MR) is 91.4 cm³/mol. The third-order valence-electron chi connectivity index (χ3n) is 3.46. The fourth-order valence-corrected chi connectivity index (χ4v) is 2.26. The molecule has 0 atom stereocenters. The summed E-state index contributed by atoms with van der Waals surface area (Å²) in [4.78, 5) is 13.3. The molecule has 0 bridgehead atoms. The zero-order valence-corrected chi connectivity index (χ0v) is 14.1. The van der Waals surface area contributed by atoms with E-state index in [1.165, 1.54) is 26.4 Å². The molecular formula is C17H16FN5O3. The van der Waals surface area contributed by atoms with Crippen LogP contribution in [-0.2, 0) is 11.3 Å². The van der Waals surface area contributed by atoms with E-state index in [-0.39, 0.29) is 18.3 Å². The zero-order chi connectivity index (χ0) is 18.5. The minimum atomic E-state index is -0.399. The minimum Gasteiger partial charge on any atom is -0.497 e. The first-order valence-electron chi connectivity index (χ1n) is 7.64. The highest BCUT2D eigenvalue weighted by Gasteiger charge is 2.11. The Hall–Kier alpha value is -3.49. The number of hydrogen-bond donors (Lipinski definition) is 1. The summed E-state index contributed by atoms with van der Waals surface area (Å²) in [5.74, 6) is 0.575. The second kappa shape index (κ2) is 7.60. The van der Waals surface area contributed by atoms with Crippen molar-refractivity contribution in [2.75, 3.05) is 19.5 Å². The molecule has 0 aliphatic rings. The van der Waals surface area contributed by atoms with Gasteiger partial charge in [-0.25, -0.2) is 4.39 Å². The Balaban J connectivity index is 1.69. The molecule has 0 saturated heterocycles. The van der Waals surface area contributed by atoms with Crippen molar-refractivity contribution in [3.63, 3.8) is 0 Å². The number of ether oxygens (including phenoxy) is 2. The van der Waals surface area contributed by atoms with Crippen LogP contribution < -0.4 is 14.8 Å². The molecule has 0 fully saturated rings. The Morgan fingerprint density at radius 2 is 1.88 bits per heavy atom. The number of rotatable bonds is 6. The number of aromatic nitrogens is 4. The molecule has 0 aliphatic heterocycles. The van der Waals surface area contributed by atoms with Crippen molar-refractivity contribution in [3.05, 3.63) is 48.3 Å². The summed E-state index contributed by atoms with van der Waals surface area (Å²) in [5, 5.41) is 14.5. The van der Waals surface area contributed by atoms with Gasteiger partial charge in [-0.05, 0) is 17.3 Å². The average Bonchev–Trinajstić information content (AvgIpc) is 3.09. The minimum absolute atomic E-state index is 0.151. The van der Waals surface area contributed by atoms with Crippen molar-refractivity contribution in [1.29, 1.82) is 0 Å². The molecule has 134 valence electrons. The van der Waals surface area contributed by atoms with Gasteiger partial charge < -0.3 is 14.8 Å². The zero-order valence-electron chi connectivity index (χ0n) is 14.1. The first-order valence-corrected chi connectivity index (χ1v) is 7.64. The number of carbonyl (C=O) groups is 1. The van der Waals surface area contributed by atoms with Gasteiger partial charge in [0.25, 0.3) is 0 Å². The number of carbonyl (C=O) groups excluding carboxylic acids is 1. The predicted octanol–water partition coefficient (Wildman–Crippen LogP) is 2.14. The van der Waals surface area contributed by atoms with Crippen LogP contribution in [-0.4, -0.2) is 40.3 Å². The van der Waals surface area contributed by atoms with E-state index >= 15 is 0 Å². The Morgan fingerprint density at radius 1 is 1.15 bits per heavy atom. The molecule has 1 amide bonds. The number of amides is 1. The lowest BCUT2D eigenvalue weighted by Gasteiger charge is -2.09. The number of halogens is 1. The summed E-state index contributed by atoms with van der Waals surface area (Å²) < 4.78 is 23.6. The van der Waals surface area contributed by atoms with E-state index in [9.17, 15) is 9.18 Å². The molecule has 3 aromatic rings. The maximum atomic E-state index is 13.3. The quantitative estimate of drug-likeness (QED) is 0.727. The van der Waals surface area contributed by atoms with Gasteiger partial charge in [-0.1, -0.05) is 12.1 Å². The SMILES string of the molecule is COc1cc(NC(=O)Cn2nnc(-c3cccc(F)c3)n2)cc(OC)c1. The van der Waals surface area contributed by atoms with Gasteiger partial charge in [0.2, 0.25) is 11.7 Å². The molecular weight excluding hydrogens is 341 g/mol. The van der Waals surface area contributed by atoms with Crippen molar-refractivity contribution >= 4 is 11.6 Å². The molecule has 1 aromatic heterocycles. The van der Waals surface area contributed by atoms with Crippen molar-refractivity contribution in [3.8, 4) is 22.9 Å². The third-order valence-corrected chi connectivity index (χ3v) is 3.46. The average molecular weight is 357 g/mol. The maximum absolute atomic E-state index is 13.3. The standard InChI is InChI=1S/C17H16FN5O3/c1-25-14-7-13(8-15(9-14)26-2)19-16(24)10-23-21-17(20-22-23)11-4-3-5-12(18)6-11/h3-9H,10H2,1-2H3,(H,19,24). The highest BCUT2D eigenvalue weighted by Crippen LogP contribution is 2.25. The van der Waals surface area contributed by atoms with Crippen LogP contribution in [0.2, 0.25) is 0 Å². The molecule has 0 saturated carbocycles. The van der Waals surface area contributed by atoms with Gasteiger partial charge in [-0.3, -0.25) is 4.79 Å². The second-order valence-electron chi connectivity index (χ2n) is 5.30. The van der Waals surface area contributed by atoms with Gasteiger partial charge in [0.1, 0.15) is 23.9 Å². The molecule has 26 heavy (non-hydrogen) atoms. The number of anilines is 1. The Labute approximate surface area is 148 Å². The number of tetrazole rings is 1. The van der Waals surface area contributed by atoms with Gasteiger partial charge in [0.15, 0.2) is 0 Å². The molecule has 2 aromatic carbocycles. The van der Waals surface area contributed by atoms with Crippen LogP contribution in [0.5, 0.6) is 11.5 Å². The molecule has 0 spiro atoms. The molecule has 9 heteroatoms. The van der Waals surface area contributed by atoms with Crippen LogP contribution in [0, 0.1) is 5.82 Å². The fourth-order valence-electron chi connectivity index (χ4n) is 2.26. The van der Waals surface area contributed by atoms with Crippen molar-refractivity contribution in [1.82, 2.24) is 20.2 Å². The summed E-state index contributed by atoms with van der Waals surface area (Å²) >= 11 is 0. The van der Waals surface area contributed by atoms with Crippen molar-refractivity contribution < 1.29 is 18.7 Å². The Kier molecular flexibility index (Phi) is 5.07. The normalized spacial score (nSPS) is 10.4. The van der Waals surface area contributed by atoms with Crippen LogP contribution in [0.4, 0.5) is 10.1 Å². The third kappa shape index (κ3) is 4.12. The summed E-state index contributed by atoms with van der Waals surface area (Å²) in [6, 6.07) is 10.8.